The van der Waals surface area contributed by atoms with Crippen molar-refractivity contribution in [1.29, 1.82) is 0 Å². The number of hydrogen-bond donors (Lipinski definition) is 3. The van der Waals surface area contributed by atoms with Crippen molar-refractivity contribution in [2.45, 2.75) is 58.7 Å². The molecule has 146 valence electrons. The molecular formula is C21H35N3O2. The molecule has 1 aliphatic rings. The minimum absolute atomic E-state index is 0.0317. The summed E-state index contributed by atoms with van der Waals surface area (Å²) in [6.07, 6.45) is 4.46. The van der Waals surface area contributed by atoms with Crippen molar-refractivity contribution < 1.29 is 9.84 Å². The van der Waals surface area contributed by atoms with Crippen LogP contribution < -0.4 is 10.6 Å². The molecule has 5 nitrogen and oxygen atoms in total. The number of ether oxygens (including phenoxy) is 1. The molecule has 1 fully saturated rings. The first-order chi connectivity index (χ1) is 12.6. The lowest BCUT2D eigenvalue weighted by Gasteiger charge is -2.40. The Hall–Kier alpha value is -1.59. The van der Waals surface area contributed by atoms with Crippen LogP contribution in [0.3, 0.4) is 0 Å². The number of aliphatic hydroxyl groups excluding tert-OH is 1. The Balaban J connectivity index is 1.75. The van der Waals surface area contributed by atoms with Gasteiger partial charge < -0.3 is 20.5 Å². The average molecular weight is 362 g/mol. The van der Waals surface area contributed by atoms with Gasteiger partial charge in [0.25, 0.3) is 0 Å². The van der Waals surface area contributed by atoms with E-state index >= 15 is 0 Å². The molecule has 0 amide bonds. The maximum atomic E-state index is 10.2. The Kier molecular flexibility index (Phi) is 8.39. The summed E-state index contributed by atoms with van der Waals surface area (Å²) >= 11 is 0. The molecule has 1 saturated carbocycles. The first-order valence-electron chi connectivity index (χ1n) is 9.95. The van der Waals surface area contributed by atoms with Crippen LogP contribution >= 0.6 is 0 Å². The van der Waals surface area contributed by atoms with E-state index in [0.29, 0.717) is 18.6 Å². The second kappa shape index (κ2) is 10.5. The summed E-state index contributed by atoms with van der Waals surface area (Å²) in [7, 11) is 0. The Morgan fingerprint density at radius 3 is 2.54 bits per heavy atom. The molecule has 0 aromatic heterocycles. The first kappa shape index (κ1) is 20.7. The summed E-state index contributed by atoms with van der Waals surface area (Å²) in [4.78, 5) is 4.74. The predicted octanol–water partition coefficient (Wildman–Crippen LogP) is 3.26. The quantitative estimate of drug-likeness (QED) is 0.442. The van der Waals surface area contributed by atoms with Gasteiger partial charge in [-0.25, -0.2) is 0 Å². The topological polar surface area (TPSA) is 65.9 Å². The van der Waals surface area contributed by atoms with Crippen LogP contribution in [0, 0.1) is 5.41 Å². The molecule has 26 heavy (non-hydrogen) atoms. The van der Waals surface area contributed by atoms with Gasteiger partial charge >= 0.3 is 0 Å². The summed E-state index contributed by atoms with van der Waals surface area (Å²) in [6, 6.07) is 10.1. The van der Waals surface area contributed by atoms with Crippen LogP contribution in [0.4, 0.5) is 0 Å². The van der Waals surface area contributed by atoms with Gasteiger partial charge in [0.1, 0.15) is 0 Å². The van der Waals surface area contributed by atoms with Crippen molar-refractivity contribution >= 4 is 5.96 Å². The van der Waals surface area contributed by atoms with Gasteiger partial charge in [-0.15, -0.1) is 0 Å². The van der Waals surface area contributed by atoms with Crippen LogP contribution in [0.15, 0.2) is 35.3 Å². The largest absolute Gasteiger partial charge is 0.389 e. The second-order valence-electron chi connectivity index (χ2n) is 7.32. The highest BCUT2D eigenvalue weighted by atomic mass is 16.5. The molecule has 5 heteroatoms. The molecule has 3 N–H and O–H groups in total. The lowest BCUT2D eigenvalue weighted by atomic mass is 9.67. The average Bonchev–Trinajstić information content (AvgIpc) is 2.64. The van der Waals surface area contributed by atoms with E-state index in [9.17, 15) is 5.11 Å². The molecule has 2 rings (SSSR count). The molecule has 0 spiro atoms. The normalized spacial score (nSPS) is 18.7. The van der Waals surface area contributed by atoms with Crippen molar-refractivity contribution in [1.82, 2.24) is 10.6 Å². The maximum Gasteiger partial charge on any atom is 0.191 e. The molecular weight excluding hydrogens is 326 g/mol. The van der Waals surface area contributed by atoms with E-state index in [2.05, 4.69) is 24.5 Å². The number of aliphatic imine (C=N–C) groups is 1. The second-order valence-corrected chi connectivity index (χ2v) is 7.32. The van der Waals surface area contributed by atoms with E-state index < -0.39 is 6.10 Å². The van der Waals surface area contributed by atoms with Crippen molar-refractivity contribution in [3.63, 3.8) is 0 Å². The van der Waals surface area contributed by atoms with Crippen LogP contribution in [0.1, 0.15) is 58.1 Å². The minimum atomic E-state index is -0.575. The third-order valence-electron chi connectivity index (χ3n) is 5.39. The fourth-order valence-electron chi connectivity index (χ4n) is 3.24. The molecule has 0 heterocycles. The molecule has 0 radical (unpaired) electrons. The first-order valence-corrected chi connectivity index (χ1v) is 9.95. The fourth-order valence-corrected chi connectivity index (χ4v) is 3.24. The molecule has 0 bridgehead atoms. The Morgan fingerprint density at radius 2 is 1.96 bits per heavy atom. The smallest absolute Gasteiger partial charge is 0.191 e. The molecule has 1 aromatic rings. The van der Waals surface area contributed by atoms with Gasteiger partial charge in [0.2, 0.25) is 0 Å². The maximum absolute atomic E-state index is 10.2. The van der Waals surface area contributed by atoms with Gasteiger partial charge in [-0.3, -0.25) is 4.99 Å². The van der Waals surface area contributed by atoms with Crippen LogP contribution in [0.2, 0.25) is 0 Å². The summed E-state index contributed by atoms with van der Waals surface area (Å²) < 4.78 is 5.79. The molecule has 1 aliphatic carbocycles. The highest BCUT2D eigenvalue weighted by molar-refractivity contribution is 5.79. The van der Waals surface area contributed by atoms with Gasteiger partial charge in [0.05, 0.1) is 18.8 Å². The summed E-state index contributed by atoms with van der Waals surface area (Å²) in [5.74, 6) is 0.780. The molecule has 0 aliphatic heterocycles. The highest BCUT2D eigenvalue weighted by Gasteiger charge is 2.34. The zero-order chi connectivity index (χ0) is 18.8. The van der Waals surface area contributed by atoms with E-state index in [1.807, 2.05) is 37.3 Å². The van der Waals surface area contributed by atoms with Crippen molar-refractivity contribution in [2.24, 2.45) is 10.4 Å². The van der Waals surface area contributed by atoms with Crippen molar-refractivity contribution in [3.05, 3.63) is 35.9 Å². The zero-order valence-electron chi connectivity index (χ0n) is 16.5. The van der Waals surface area contributed by atoms with Crippen molar-refractivity contribution in [2.75, 3.05) is 26.2 Å². The number of benzene rings is 1. The van der Waals surface area contributed by atoms with Crippen LogP contribution in [-0.4, -0.2) is 43.4 Å². The Labute approximate surface area is 158 Å². The summed E-state index contributed by atoms with van der Waals surface area (Å²) in [5.41, 5.74) is 1.52. The van der Waals surface area contributed by atoms with E-state index in [-0.39, 0.29) is 6.10 Å². The highest BCUT2D eigenvalue weighted by Crippen LogP contribution is 2.43. The van der Waals surface area contributed by atoms with Gasteiger partial charge in [0, 0.05) is 19.6 Å². The van der Waals surface area contributed by atoms with Gasteiger partial charge in [-0.05, 0) is 44.1 Å². The van der Waals surface area contributed by atoms with E-state index in [1.165, 1.54) is 25.7 Å². The summed E-state index contributed by atoms with van der Waals surface area (Å²) in [5, 5.41) is 16.7. The lowest BCUT2D eigenvalue weighted by Crippen LogP contribution is -2.43. The third-order valence-corrected chi connectivity index (χ3v) is 5.39. The van der Waals surface area contributed by atoms with Gasteiger partial charge in [-0.2, -0.15) is 0 Å². The number of hydrogen-bond acceptors (Lipinski definition) is 3. The predicted molar refractivity (Wildman–Crippen MR) is 107 cm³/mol. The minimum Gasteiger partial charge on any atom is -0.389 e. The molecule has 0 saturated heterocycles. The van der Waals surface area contributed by atoms with Crippen molar-refractivity contribution in [3.8, 4) is 0 Å². The number of rotatable bonds is 10. The standard InChI is InChI=1S/C21H35N3O2/c1-4-21(12-9-13-21)16-24-20(22-5-2)23-14-19(25)15-26-17(3)18-10-7-6-8-11-18/h6-8,10-11,17,19,25H,4-5,9,12-16H2,1-3H3,(H2,22,23,24). The molecule has 2 unspecified atom stereocenters. The third kappa shape index (κ3) is 6.29. The summed E-state index contributed by atoms with van der Waals surface area (Å²) in [6.45, 7) is 8.69. The van der Waals surface area contributed by atoms with E-state index in [0.717, 1.165) is 24.6 Å². The van der Waals surface area contributed by atoms with Gasteiger partial charge in [0.15, 0.2) is 5.96 Å². The lowest BCUT2D eigenvalue weighted by molar-refractivity contribution is -0.000609. The number of guanidine groups is 1. The molecule has 2 atom stereocenters. The molecule has 1 aromatic carbocycles. The number of aliphatic hydroxyl groups is 1. The Morgan fingerprint density at radius 1 is 1.23 bits per heavy atom. The monoisotopic (exact) mass is 361 g/mol. The number of nitrogens with one attached hydrogen (secondary N) is 2. The number of nitrogens with zero attached hydrogens (tertiary/aromatic N) is 1. The van der Waals surface area contributed by atoms with E-state index in [4.69, 9.17) is 9.73 Å². The Bertz CT molecular complexity index is 538. The SMILES string of the molecule is CCNC(=NCC1(CC)CCC1)NCC(O)COC(C)c1ccccc1. The van der Waals surface area contributed by atoms with Crippen LogP contribution in [-0.2, 0) is 4.74 Å². The van der Waals surface area contributed by atoms with Gasteiger partial charge in [-0.1, -0.05) is 43.7 Å². The van der Waals surface area contributed by atoms with Crippen LogP contribution in [0.5, 0.6) is 0 Å². The van der Waals surface area contributed by atoms with E-state index in [1.54, 1.807) is 0 Å². The zero-order valence-corrected chi connectivity index (χ0v) is 16.5. The fraction of sp³-hybridized carbons (Fsp3) is 0.667. The van der Waals surface area contributed by atoms with Crippen LogP contribution in [0.25, 0.3) is 0 Å².